The fourth-order valence-corrected chi connectivity index (χ4v) is 3.12. The molecule has 2 aromatic rings. The maximum atomic E-state index is 4.74. The first-order valence-corrected chi connectivity index (χ1v) is 8.66. The molecule has 1 aromatic carbocycles. The summed E-state index contributed by atoms with van der Waals surface area (Å²) in [6.07, 6.45) is 2.51. The molecule has 1 aliphatic heterocycles. The van der Waals surface area contributed by atoms with E-state index in [0.717, 1.165) is 36.2 Å². The van der Waals surface area contributed by atoms with Crippen LogP contribution in [0.4, 0.5) is 23.1 Å². The lowest BCUT2D eigenvalue weighted by Crippen LogP contribution is -2.35. The van der Waals surface area contributed by atoms with Crippen LogP contribution in [0.2, 0.25) is 0 Å². The number of nitrogens with zero attached hydrogens (tertiary/aromatic N) is 4. The zero-order chi connectivity index (χ0) is 17.1. The lowest BCUT2D eigenvalue weighted by molar-refractivity contribution is 0.442. The van der Waals surface area contributed by atoms with Gasteiger partial charge in [-0.25, -0.2) is 4.98 Å². The molecule has 1 unspecified atom stereocenters. The van der Waals surface area contributed by atoms with E-state index < -0.39 is 0 Å². The molecule has 5 heteroatoms. The van der Waals surface area contributed by atoms with Gasteiger partial charge in [-0.05, 0) is 49.9 Å². The molecule has 2 heterocycles. The van der Waals surface area contributed by atoms with Crippen LogP contribution in [-0.4, -0.2) is 37.2 Å². The van der Waals surface area contributed by atoms with Gasteiger partial charge in [-0.3, -0.25) is 0 Å². The molecule has 1 aliphatic rings. The Morgan fingerprint density at radius 3 is 2.58 bits per heavy atom. The summed E-state index contributed by atoms with van der Waals surface area (Å²) in [6, 6.07) is 10.4. The van der Waals surface area contributed by atoms with Gasteiger partial charge < -0.3 is 15.1 Å². The van der Waals surface area contributed by atoms with Crippen molar-refractivity contribution in [3.05, 3.63) is 36.0 Å². The summed E-state index contributed by atoms with van der Waals surface area (Å²) < 4.78 is 0. The normalized spacial score (nSPS) is 17.7. The summed E-state index contributed by atoms with van der Waals surface area (Å²) >= 11 is 0. The zero-order valence-electron chi connectivity index (χ0n) is 15.1. The Hall–Kier alpha value is -2.30. The topological polar surface area (TPSA) is 44.3 Å². The molecule has 0 saturated carbocycles. The first kappa shape index (κ1) is 16.6. The molecular weight excluding hydrogens is 298 g/mol. The van der Waals surface area contributed by atoms with Gasteiger partial charge in [0.1, 0.15) is 5.82 Å². The van der Waals surface area contributed by atoms with Crippen LogP contribution in [0.5, 0.6) is 0 Å². The van der Waals surface area contributed by atoms with E-state index in [9.17, 15) is 0 Å². The minimum Gasteiger partial charge on any atom is -0.378 e. The lowest BCUT2D eigenvalue weighted by Gasteiger charge is -2.31. The molecule has 5 nitrogen and oxygen atoms in total. The average molecular weight is 325 g/mol. The highest BCUT2D eigenvalue weighted by atomic mass is 15.3. The number of anilines is 4. The highest BCUT2D eigenvalue weighted by Crippen LogP contribution is 2.24. The molecule has 1 atom stereocenters. The molecular formula is C19H27N5. The van der Waals surface area contributed by atoms with Crippen LogP contribution in [0, 0.1) is 12.8 Å². The summed E-state index contributed by atoms with van der Waals surface area (Å²) in [7, 11) is 4.09. The minimum atomic E-state index is 0.706. The number of piperidine rings is 1. The van der Waals surface area contributed by atoms with E-state index in [1.807, 2.05) is 27.1 Å². The number of nitrogens with one attached hydrogen (secondary N) is 1. The second-order valence-corrected chi connectivity index (χ2v) is 6.95. The van der Waals surface area contributed by atoms with E-state index in [-0.39, 0.29) is 0 Å². The summed E-state index contributed by atoms with van der Waals surface area (Å²) in [4.78, 5) is 13.8. The smallest absolute Gasteiger partial charge is 0.227 e. The van der Waals surface area contributed by atoms with Crippen LogP contribution < -0.4 is 15.1 Å². The third-order valence-corrected chi connectivity index (χ3v) is 4.44. The Kier molecular flexibility index (Phi) is 4.88. The molecule has 0 bridgehead atoms. The molecule has 1 aromatic heterocycles. The first-order chi connectivity index (χ1) is 11.5. The van der Waals surface area contributed by atoms with Crippen molar-refractivity contribution in [3.8, 4) is 0 Å². The van der Waals surface area contributed by atoms with E-state index in [4.69, 9.17) is 4.98 Å². The number of aromatic nitrogens is 2. The van der Waals surface area contributed by atoms with Gasteiger partial charge in [0.25, 0.3) is 0 Å². The summed E-state index contributed by atoms with van der Waals surface area (Å²) in [5.74, 6) is 2.40. The molecule has 1 saturated heterocycles. The Balaban J connectivity index is 1.78. The molecule has 24 heavy (non-hydrogen) atoms. The van der Waals surface area contributed by atoms with E-state index in [0.29, 0.717) is 5.92 Å². The monoisotopic (exact) mass is 325 g/mol. The number of rotatable bonds is 4. The van der Waals surface area contributed by atoms with Crippen molar-refractivity contribution in [2.24, 2.45) is 5.92 Å². The number of hydrogen-bond acceptors (Lipinski definition) is 5. The third-order valence-electron chi connectivity index (χ3n) is 4.44. The lowest BCUT2D eigenvalue weighted by atomic mass is 10.0. The molecule has 0 aliphatic carbocycles. The predicted octanol–water partition coefficient (Wildman–Crippen LogP) is 3.83. The second kappa shape index (κ2) is 7.07. The van der Waals surface area contributed by atoms with Crippen molar-refractivity contribution in [2.75, 3.05) is 42.3 Å². The van der Waals surface area contributed by atoms with Gasteiger partial charge in [0.05, 0.1) is 0 Å². The van der Waals surface area contributed by atoms with E-state index in [1.54, 1.807) is 0 Å². The van der Waals surface area contributed by atoms with Crippen molar-refractivity contribution in [3.63, 3.8) is 0 Å². The Bertz CT molecular complexity index is 681. The quantitative estimate of drug-likeness (QED) is 0.925. The van der Waals surface area contributed by atoms with Gasteiger partial charge in [-0.2, -0.15) is 4.98 Å². The van der Waals surface area contributed by atoms with Crippen LogP contribution in [0.15, 0.2) is 30.3 Å². The van der Waals surface area contributed by atoms with E-state index in [1.165, 1.54) is 18.5 Å². The van der Waals surface area contributed by atoms with Crippen molar-refractivity contribution in [1.29, 1.82) is 0 Å². The summed E-state index contributed by atoms with van der Waals surface area (Å²) in [5, 5.41) is 3.41. The highest BCUT2D eigenvalue weighted by Gasteiger charge is 2.19. The summed E-state index contributed by atoms with van der Waals surface area (Å²) in [5.41, 5.74) is 3.21. The third kappa shape index (κ3) is 3.96. The maximum Gasteiger partial charge on any atom is 0.227 e. The van der Waals surface area contributed by atoms with Gasteiger partial charge >= 0.3 is 0 Å². The van der Waals surface area contributed by atoms with Gasteiger partial charge in [-0.15, -0.1) is 0 Å². The maximum absolute atomic E-state index is 4.74. The van der Waals surface area contributed by atoms with E-state index in [2.05, 4.69) is 51.3 Å². The molecule has 3 rings (SSSR count). The standard InChI is InChI=1S/C19H27N5/c1-14-6-5-11-24(13-14)19-20-15(2)12-18(22-19)21-16-7-9-17(10-8-16)23(3)4/h7-10,12,14H,5-6,11,13H2,1-4H3,(H,20,21,22). The molecule has 128 valence electrons. The number of hydrogen-bond donors (Lipinski definition) is 1. The zero-order valence-corrected chi connectivity index (χ0v) is 15.1. The van der Waals surface area contributed by atoms with Crippen LogP contribution in [0.3, 0.4) is 0 Å². The van der Waals surface area contributed by atoms with Crippen LogP contribution in [0.1, 0.15) is 25.5 Å². The number of aryl methyl sites for hydroxylation is 1. The Labute approximate surface area is 144 Å². The van der Waals surface area contributed by atoms with Gasteiger partial charge in [0, 0.05) is 50.3 Å². The Morgan fingerprint density at radius 1 is 1.17 bits per heavy atom. The fraction of sp³-hybridized carbons (Fsp3) is 0.474. The minimum absolute atomic E-state index is 0.706. The Morgan fingerprint density at radius 2 is 1.92 bits per heavy atom. The molecule has 1 fully saturated rings. The van der Waals surface area contributed by atoms with Crippen molar-refractivity contribution >= 4 is 23.1 Å². The average Bonchev–Trinajstić information content (AvgIpc) is 2.55. The summed E-state index contributed by atoms with van der Waals surface area (Å²) in [6.45, 7) is 6.41. The van der Waals surface area contributed by atoms with Gasteiger partial charge in [0.15, 0.2) is 0 Å². The molecule has 0 radical (unpaired) electrons. The second-order valence-electron chi connectivity index (χ2n) is 6.95. The fourth-order valence-electron chi connectivity index (χ4n) is 3.12. The van der Waals surface area contributed by atoms with Crippen LogP contribution >= 0.6 is 0 Å². The first-order valence-electron chi connectivity index (χ1n) is 8.66. The van der Waals surface area contributed by atoms with Crippen molar-refractivity contribution in [2.45, 2.75) is 26.7 Å². The van der Waals surface area contributed by atoms with E-state index >= 15 is 0 Å². The van der Waals surface area contributed by atoms with Crippen LogP contribution in [0.25, 0.3) is 0 Å². The predicted molar refractivity (Wildman–Crippen MR) is 101 cm³/mol. The van der Waals surface area contributed by atoms with Crippen LogP contribution in [-0.2, 0) is 0 Å². The van der Waals surface area contributed by atoms with Gasteiger partial charge in [0.2, 0.25) is 5.95 Å². The highest BCUT2D eigenvalue weighted by molar-refractivity contribution is 5.61. The van der Waals surface area contributed by atoms with Crippen molar-refractivity contribution < 1.29 is 0 Å². The molecule has 1 N–H and O–H groups in total. The molecule has 0 amide bonds. The van der Waals surface area contributed by atoms with Gasteiger partial charge in [-0.1, -0.05) is 6.92 Å². The largest absolute Gasteiger partial charge is 0.378 e. The van der Waals surface area contributed by atoms with Crippen molar-refractivity contribution in [1.82, 2.24) is 9.97 Å². The molecule has 0 spiro atoms. The number of benzene rings is 1. The SMILES string of the molecule is Cc1cc(Nc2ccc(N(C)C)cc2)nc(N2CCCC(C)C2)n1.